The standard InChI is InChI=1S/C58H38N4/c1-3-16-39(17-4-1)56-47-23-11-12-24-51(47)60-57(61-56)62-52-31-28-40(34-48(52)55-45-22-10-8-15-38(45)27-32-53(55)62)41-25-29-46-50(35-41)58(42-18-5-2-6-19-42,43-20-13-33-59-36-43)49-30-26-37-14-7-9-21-44(37)54(46)49/h1-9,11-21,23-36H,10,22H2. The summed E-state index contributed by atoms with van der Waals surface area (Å²) in [4.78, 5) is 15.4. The Bertz CT molecular complexity index is 3580. The third-order valence-electron chi connectivity index (χ3n) is 13.4. The van der Waals surface area contributed by atoms with Crippen LogP contribution < -0.4 is 0 Å². The Kier molecular flexibility index (Phi) is 7.61. The number of aromatic nitrogens is 4. The van der Waals surface area contributed by atoms with Crippen molar-refractivity contribution in [3.05, 3.63) is 234 Å². The predicted octanol–water partition coefficient (Wildman–Crippen LogP) is 13.9. The van der Waals surface area contributed by atoms with Gasteiger partial charge in [0, 0.05) is 34.1 Å². The fourth-order valence-electron chi connectivity index (χ4n) is 10.8. The summed E-state index contributed by atoms with van der Waals surface area (Å²) in [6.07, 6.45) is 10.5. The minimum Gasteiger partial charge on any atom is -0.278 e. The first-order valence-corrected chi connectivity index (χ1v) is 21.5. The van der Waals surface area contributed by atoms with Gasteiger partial charge in [0.1, 0.15) is 0 Å². The molecule has 290 valence electrons. The zero-order valence-corrected chi connectivity index (χ0v) is 33.8. The summed E-state index contributed by atoms with van der Waals surface area (Å²) in [6, 6.07) is 66.3. The van der Waals surface area contributed by atoms with Gasteiger partial charge < -0.3 is 0 Å². The molecule has 0 N–H and O–H groups in total. The van der Waals surface area contributed by atoms with Gasteiger partial charge in [0.25, 0.3) is 0 Å². The highest BCUT2D eigenvalue weighted by atomic mass is 15.2. The quantitative estimate of drug-likeness (QED) is 0.174. The van der Waals surface area contributed by atoms with Crippen LogP contribution in [0.3, 0.4) is 0 Å². The summed E-state index contributed by atoms with van der Waals surface area (Å²) >= 11 is 0. The molecule has 2 aliphatic rings. The minimum atomic E-state index is -0.574. The fraction of sp³-hybridized carbons (Fsp3) is 0.0517. The van der Waals surface area contributed by atoms with Crippen LogP contribution >= 0.6 is 0 Å². The molecule has 2 aliphatic carbocycles. The van der Waals surface area contributed by atoms with E-state index in [1.165, 1.54) is 71.6 Å². The number of aryl methyl sites for hydroxylation is 1. The smallest absolute Gasteiger partial charge is 0.235 e. The SMILES string of the molecule is C1=Cc2ccc3c(c2CC1)c1cc(-c2ccc4c(c2)C(c2ccccc2)(c2cccnc2)c2ccc5ccccc5c2-4)ccc1n3-c1nc(-c2ccccc2)c2ccccc2n1. The Morgan fingerprint density at radius 2 is 1.29 bits per heavy atom. The van der Waals surface area contributed by atoms with Crippen LogP contribution in [0, 0.1) is 0 Å². The second-order valence-electron chi connectivity index (χ2n) is 16.6. The molecular formula is C58H38N4. The van der Waals surface area contributed by atoms with Crippen molar-refractivity contribution in [3.63, 3.8) is 0 Å². The van der Waals surface area contributed by atoms with E-state index in [1.807, 2.05) is 6.20 Å². The van der Waals surface area contributed by atoms with Crippen molar-refractivity contribution < 1.29 is 0 Å². The maximum Gasteiger partial charge on any atom is 0.235 e. The highest BCUT2D eigenvalue weighted by molar-refractivity contribution is 6.13. The van der Waals surface area contributed by atoms with E-state index >= 15 is 0 Å². The van der Waals surface area contributed by atoms with Crippen LogP contribution in [0.4, 0.5) is 0 Å². The number of benzene rings is 8. The zero-order chi connectivity index (χ0) is 40.8. The number of fused-ring (bicyclic) bond motifs is 11. The average Bonchev–Trinajstić information content (AvgIpc) is 3.85. The molecule has 8 aromatic carbocycles. The highest BCUT2D eigenvalue weighted by Crippen LogP contribution is 2.58. The lowest BCUT2D eigenvalue weighted by atomic mass is 9.67. The van der Waals surface area contributed by atoms with Gasteiger partial charge in [-0.05, 0) is 116 Å². The minimum absolute atomic E-state index is 0.574. The molecule has 11 aromatic rings. The second-order valence-corrected chi connectivity index (χ2v) is 16.6. The molecule has 3 heterocycles. The van der Waals surface area contributed by atoms with E-state index in [9.17, 15) is 0 Å². The van der Waals surface area contributed by atoms with Crippen molar-refractivity contribution in [2.45, 2.75) is 18.3 Å². The van der Waals surface area contributed by atoms with Crippen molar-refractivity contribution in [1.29, 1.82) is 0 Å². The number of pyridine rings is 1. The van der Waals surface area contributed by atoms with Gasteiger partial charge in [-0.25, -0.2) is 9.97 Å². The Hall–Kier alpha value is -7.95. The predicted molar refractivity (Wildman–Crippen MR) is 255 cm³/mol. The molecule has 4 heteroatoms. The Morgan fingerprint density at radius 3 is 2.16 bits per heavy atom. The number of allylic oxidation sites excluding steroid dienone is 1. The third-order valence-corrected chi connectivity index (χ3v) is 13.4. The summed E-state index contributed by atoms with van der Waals surface area (Å²) < 4.78 is 2.29. The molecule has 1 unspecified atom stereocenters. The molecule has 62 heavy (non-hydrogen) atoms. The molecule has 4 nitrogen and oxygen atoms in total. The van der Waals surface area contributed by atoms with E-state index in [2.05, 4.69) is 205 Å². The van der Waals surface area contributed by atoms with Gasteiger partial charge >= 0.3 is 0 Å². The van der Waals surface area contributed by atoms with Gasteiger partial charge in [-0.1, -0.05) is 158 Å². The number of rotatable bonds is 5. The highest BCUT2D eigenvalue weighted by Gasteiger charge is 2.47. The second kappa shape index (κ2) is 13.5. The number of nitrogens with zero attached hydrogens (tertiary/aromatic N) is 4. The van der Waals surface area contributed by atoms with E-state index in [0.29, 0.717) is 5.95 Å². The van der Waals surface area contributed by atoms with Crippen LogP contribution in [0.5, 0.6) is 0 Å². The van der Waals surface area contributed by atoms with Gasteiger partial charge in [-0.3, -0.25) is 9.55 Å². The summed E-state index contributed by atoms with van der Waals surface area (Å²) in [7, 11) is 0. The van der Waals surface area contributed by atoms with Crippen molar-refractivity contribution in [1.82, 2.24) is 19.5 Å². The van der Waals surface area contributed by atoms with Crippen LogP contribution in [0.1, 0.15) is 39.8 Å². The number of hydrogen-bond donors (Lipinski definition) is 0. The molecule has 0 radical (unpaired) electrons. The molecule has 0 aliphatic heterocycles. The molecule has 0 spiro atoms. The molecule has 13 rings (SSSR count). The lowest BCUT2D eigenvalue weighted by molar-refractivity contribution is 0.763. The number of para-hydroxylation sites is 1. The molecule has 0 saturated heterocycles. The summed E-state index contributed by atoms with van der Waals surface area (Å²) in [6.45, 7) is 0. The first-order valence-electron chi connectivity index (χ1n) is 21.5. The van der Waals surface area contributed by atoms with E-state index in [-0.39, 0.29) is 0 Å². The van der Waals surface area contributed by atoms with Crippen LogP contribution in [0.2, 0.25) is 0 Å². The largest absolute Gasteiger partial charge is 0.278 e. The summed E-state index contributed by atoms with van der Waals surface area (Å²) in [5.74, 6) is 0.674. The van der Waals surface area contributed by atoms with Gasteiger partial charge in [0.2, 0.25) is 5.95 Å². The van der Waals surface area contributed by atoms with Crippen LogP contribution in [-0.4, -0.2) is 19.5 Å². The summed E-state index contributed by atoms with van der Waals surface area (Å²) in [5.41, 5.74) is 17.1. The van der Waals surface area contributed by atoms with Gasteiger partial charge in [0.05, 0.1) is 27.7 Å². The lowest BCUT2D eigenvalue weighted by Crippen LogP contribution is -2.28. The molecule has 3 aromatic heterocycles. The molecule has 0 amide bonds. The van der Waals surface area contributed by atoms with Gasteiger partial charge in [-0.15, -0.1) is 0 Å². The Morgan fingerprint density at radius 1 is 0.532 bits per heavy atom. The topological polar surface area (TPSA) is 43.6 Å². The van der Waals surface area contributed by atoms with E-state index in [4.69, 9.17) is 15.0 Å². The Labute approximate surface area is 359 Å². The van der Waals surface area contributed by atoms with Gasteiger partial charge in [-0.2, -0.15) is 0 Å². The van der Waals surface area contributed by atoms with Crippen molar-refractivity contribution in [2.75, 3.05) is 0 Å². The van der Waals surface area contributed by atoms with Crippen LogP contribution in [0.15, 0.2) is 200 Å². The molecule has 0 fully saturated rings. The molecule has 1 atom stereocenters. The lowest BCUT2D eigenvalue weighted by Gasteiger charge is -2.33. The van der Waals surface area contributed by atoms with Crippen molar-refractivity contribution >= 4 is 49.6 Å². The monoisotopic (exact) mass is 790 g/mol. The maximum absolute atomic E-state index is 5.39. The first kappa shape index (κ1) is 34.9. The van der Waals surface area contributed by atoms with Gasteiger partial charge in [0.15, 0.2) is 0 Å². The van der Waals surface area contributed by atoms with Crippen molar-refractivity contribution in [3.8, 4) is 39.5 Å². The van der Waals surface area contributed by atoms with E-state index in [0.717, 1.165) is 51.6 Å². The fourth-order valence-corrected chi connectivity index (χ4v) is 10.8. The Balaban J connectivity index is 1.08. The summed E-state index contributed by atoms with van der Waals surface area (Å²) in [5, 5.41) is 6.02. The molecule has 0 saturated carbocycles. The molecule has 0 bridgehead atoms. The van der Waals surface area contributed by atoms with E-state index < -0.39 is 5.41 Å². The first-order chi connectivity index (χ1) is 30.8. The van der Waals surface area contributed by atoms with Crippen molar-refractivity contribution in [2.24, 2.45) is 0 Å². The van der Waals surface area contributed by atoms with Crippen LogP contribution in [0.25, 0.3) is 89.0 Å². The zero-order valence-electron chi connectivity index (χ0n) is 33.8. The van der Waals surface area contributed by atoms with Crippen LogP contribution in [-0.2, 0) is 11.8 Å². The average molecular weight is 791 g/mol. The third kappa shape index (κ3) is 4.98. The molecular weight excluding hydrogens is 753 g/mol. The van der Waals surface area contributed by atoms with E-state index in [1.54, 1.807) is 0 Å². The maximum atomic E-state index is 5.39. The normalized spacial score (nSPS) is 15.3. The number of hydrogen-bond acceptors (Lipinski definition) is 3.